The molecule has 0 bridgehead atoms. The zero-order valence-electron chi connectivity index (χ0n) is 13.3. The third kappa shape index (κ3) is 2.68. The minimum Gasteiger partial charge on any atom is -0.444 e. The number of aromatic nitrogens is 4. The van der Waals surface area contributed by atoms with E-state index in [1.807, 2.05) is 19.1 Å². The molecule has 1 amide bonds. The number of nitrogens with one attached hydrogen (secondary N) is 1. The molecule has 0 saturated carbocycles. The summed E-state index contributed by atoms with van der Waals surface area (Å²) in [5, 5.41) is 11.3. The summed E-state index contributed by atoms with van der Waals surface area (Å²) < 4.78 is 7.32. The highest BCUT2D eigenvalue weighted by Crippen LogP contribution is 2.19. The zero-order chi connectivity index (χ0) is 16.5. The molecular formula is C17H17N5O2. The number of hydrogen-bond acceptors (Lipinski definition) is 5. The second-order valence-electron chi connectivity index (χ2n) is 5.93. The van der Waals surface area contributed by atoms with Gasteiger partial charge in [0.1, 0.15) is 11.6 Å². The Hall–Kier alpha value is -2.96. The number of nitrogens with zero attached hydrogens (tertiary/aromatic N) is 4. The van der Waals surface area contributed by atoms with Crippen molar-refractivity contribution in [3.8, 4) is 11.3 Å². The lowest BCUT2D eigenvalue weighted by molar-refractivity contribution is 0.0927. The highest BCUT2D eigenvalue weighted by Gasteiger charge is 2.23. The first-order valence-corrected chi connectivity index (χ1v) is 7.89. The van der Waals surface area contributed by atoms with Crippen molar-refractivity contribution in [3.63, 3.8) is 0 Å². The molecule has 7 heteroatoms. The Balaban J connectivity index is 1.44. The fourth-order valence-corrected chi connectivity index (χ4v) is 2.99. The van der Waals surface area contributed by atoms with Crippen molar-refractivity contribution in [2.24, 2.45) is 0 Å². The van der Waals surface area contributed by atoms with Gasteiger partial charge < -0.3 is 14.3 Å². The first-order chi connectivity index (χ1) is 11.7. The maximum absolute atomic E-state index is 12.5. The molecule has 0 aliphatic carbocycles. The maximum Gasteiger partial charge on any atom is 0.251 e. The van der Waals surface area contributed by atoms with Crippen molar-refractivity contribution >= 4 is 5.91 Å². The van der Waals surface area contributed by atoms with E-state index in [4.69, 9.17) is 4.42 Å². The fourth-order valence-electron chi connectivity index (χ4n) is 2.99. The second-order valence-corrected chi connectivity index (χ2v) is 5.93. The van der Waals surface area contributed by atoms with Gasteiger partial charge in [-0.25, -0.2) is 4.98 Å². The average molecular weight is 323 g/mol. The van der Waals surface area contributed by atoms with Crippen LogP contribution in [0.1, 0.15) is 28.4 Å². The van der Waals surface area contributed by atoms with Gasteiger partial charge in [0, 0.05) is 30.1 Å². The minimum atomic E-state index is -0.0710. The van der Waals surface area contributed by atoms with Gasteiger partial charge in [0.15, 0.2) is 12.2 Å². The summed E-state index contributed by atoms with van der Waals surface area (Å²) in [5.74, 6) is 2.50. The number of rotatable bonds is 3. The molecule has 4 rings (SSSR count). The lowest BCUT2D eigenvalue weighted by Crippen LogP contribution is -2.41. The third-order valence-corrected chi connectivity index (χ3v) is 4.33. The molecule has 0 spiro atoms. The van der Waals surface area contributed by atoms with E-state index >= 15 is 0 Å². The Morgan fingerprint density at radius 3 is 2.88 bits per heavy atom. The molecule has 0 unspecified atom stereocenters. The standard InChI is InChI=1S/C17H17N5O2/c1-11-20-21-16-7-6-14(9-22(11)16)19-17(23)13-4-2-12(3-5-13)15-8-18-10-24-15/h2-5,8,10,14H,6-7,9H2,1H3,(H,19,23)/t14-/m1/s1. The summed E-state index contributed by atoms with van der Waals surface area (Å²) in [6, 6.07) is 7.40. The Labute approximate surface area is 138 Å². The first-order valence-electron chi connectivity index (χ1n) is 7.89. The lowest BCUT2D eigenvalue weighted by Gasteiger charge is -2.25. The number of carbonyl (C=O) groups is 1. The van der Waals surface area contributed by atoms with Crippen LogP contribution in [0.2, 0.25) is 0 Å². The molecule has 2 aromatic heterocycles. The molecule has 0 radical (unpaired) electrons. The van der Waals surface area contributed by atoms with E-state index in [2.05, 4.69) is 25.1 Å². The van der Waals surface area contributed by atoms with E-state index in [0.29, 0.717) is 11.3 Å². The fraction of sp³-hybridized carbons (Fsp3) is 0.294. The van der Waals surface area contributed by atoms with Gasteiger partial charge in [0.25, 0.3) is 5.91 Å². The summed E-state index contributed by atoms with van der Waals surface area (Å²) in [5.41, 5.74) is 1.52. The molecule has 1 aliphatic heterocycles. The third-order valence-electron chi connectivity index (χ3n) is 4.33. The van der Waals surface area contributed by atoms with Gasteiger partial charge in [-0.3, -0.25) is 4.79 Å². The predicted octanol–water partition coefficient (Wildman–Crippen LogP) is 1.99. The number of amides is 1. The van der Waals surface area contributed by atoms with Crippen LogP contribution in [0, 0.1) is 6.92 Å². The van der Waals surface area contributed by atoms with E-state index in [9.17, 15) is 4.79 Å². The molecule has 1 N–H and O–H groups in total. The smallest absolute Gasteiger partial charge is 0.251 e. The number of fused-ring (bicyclic) bond motifs is 1. The van der Waals surface area contributed by atoms with Gasteiger partial charge in [0.05, 0.1) is 6.20 Å². The molecule has 7 nitrogen and oxygen atoms in total. The van der Waals surface area contributed by atoms with Gasteiger partial charge in [-0.1, -0.05) is 12.1 Å². The van der Waals surface area contributed by atoms with Crippen LogP contribution in [-0.4, -0.2) is 31.7 Å². The molecule has 0 fully saturated rings. The maximum atomic E-state index is 12.5. The largest absolute Gasteiger partial charge is 0.444 e. The Morgan fingerprint density at radius 1 is 1.29 bits per heavy atom. The van der Waals surface area contributed by atoms with Crippen molar-refractivity contribution < 1.29 is 9.21 Å². The van der Waals surface area contributed by atoms with E-state index in [1.165, 1.54) is 6.39 Å². The van der Waals surface area contributed by atoms with Crippen LogP contribution in [0.15, 0.2) is 41.3 Å². The van der Waals surface area contributed by atoms with Gasteiger partial charge in [0.2, 0.25) is 0 Å². The minimum absolute atomic E-state index is 0.0710. The Morgan fingerprint density at radius 2 is 2.12 bits per heavy atom. The normalized spacial score (nSPS) is 16.6. The molecule has 24 heavy (non-hydrogen) atoms. The summed E-state index contributed by atoms with van der Waals surface area (Å²) in [4.78, 5) is 16.4. The van der Waals surface area contributed by atoms with E-state index in [1.54, 1.807) is 18.3 Å². The highest BCUT2D eigenvalue weighted by atomic mass is 16.3. The van der Waals surface area contributed by atoms with Crippen LogP contribution >= 0.6 is 0 Å². The summed E-state index contributed by atoms with van der Waals surface area (Å²) in [7, 11) is 0. The summed E-state index contributed by atoms with van der Waals surface area (Å²) >= 11 is 0. The summed E-state index contributed by atoms with van der Waals surface area (Å²) in [6.07, 6.45) is 4.74. The number of hydrogen-bond donors (Lipinski definition) is 1. The Kier molecular flexibility index (Phi) is 3.60. The zero-order valence-corrected chi connectivity index (χ0v) is 13.3. The second kappa shape index (κ2) is 5.92. The number of benzene rings is 1. The monoisotopic (exact) mass is 323 g/mol. The quantitative estimate of drug-likeness (QED) is 0.796. The van der Waals surface area contributed by atoms with Crippen molar-refractivity contribution in [1.29, 1.82) is 0 Å². The molecule has 3 aromatic rings. The molecule has 122 valence electrons. The van der Waals surface area contributed by atoms with Gasteiger partial charge in [-0.05, 0) is 25.5 Å². The molecular weight excluding hydrogens is 306 g/mol. The number of carbonyl (C=O) groups excluding carboxylic acids is 1. The molecule has 3 heterocycles. The topological polar surface area (TPSA) is 85.8 Å². The van der Waals surface area contributed by atoms with Gasteiger partial charge in [-0.2, -0.15) is 0 Å². The van der Waals surface area contributed by atoms with Crippen molar-refractivity contribution in [2.75, 3.05) is 0 Å². The predicted molar refractivity (Wildman–Crippen MR) is 86.3 cm³/mol. The van der Waals surface area contributed by atoms with E-state index in [-0.39, 0.29) is 11.9 Å². The van der Waals surface area contributed by atoms with Crippen LogP contribution in [0.3, 0.4) is 0 Å². The van der Waals surface area contributed by atoms with Crippen molar-refractivity contribution in [3.05, 3.63) is 54.1 Å². The van der Waals surface area contributed by atoms with E-state index < -0.39 is 0 Å². The molecule has 1 atom stereocenters. The van der Waals surface area contributed by atoms with Crippen molar-refractivity contribution in [1.82, 2.24) is 25.1 Å². The number of oxazole rings is 1. The van der Waals surface area contributed by atoms with Crippen LogP contribution in [0.25, 0.3) is 11.3 Å². The van der Waals surface area contributed by atoms with Crippen LogP contribution in [0.4, 0.5) is 0 Å². The van der Waals surface area contributed by atoms with Crippen LogP contribution in [0.5, 0.6) is 0 Å². The highest BCUT2D eigenvalue weighted by molar-refractivity contribution is 5.94. The molecule has 1 aromatic carbocycles. The van der Waals surface area contributed by atoms with E-state index in [0.717, 1.165) is 36.6 Å². The van der Waals surface area contributed by atoms with Crippen LogP contribution in [-0.2, 0) is 13.0 Å². The van der Waals surface area contributed by atoms with Gasteiger partial charge in [-0.15, -0.1) is 10.2 Å². The van der Waals surface area contributed by atoms with Gasteiger partial charge >= 0.3 is 0 Å². The summed E-state index contributed by atoms with van der Waals surface area (Å²) in [6.45, 7) is 2.65. The van der Waals surface area contributed by atoms with Crippen molar-refractivity contribution in [2.45, 2.75) is 32.4 Å². The lowest BCUT2D eigenvalue weighted by atomic mass is 10.1. The molecule has 0 saturated heterocycles. The molecule has 1 aliphatic rings. The first kappa shape index (κ1) is 14.6. The SMILES string of the molecule is Cc1nnc2n1C[C@H](NC(=O)c1ccc(-c3cnco3)cc1)CC2. The Bertz CT molecular complexity index is 852. The number of aryl methyl sites for hydroxylation is 2. The average Bonchev–Trinajstić information content (AvgIpc) is 3.26. The van der Waals surface area contributed by atoms with Crippen LogP contribution < -0.4 is 5.32 Å².